The molecule has 4 aromatic rings. The first kappa shape index (κ1) is 24.3. The number of anilines is 2. The number of hydrogen-bond donors (Lipinski definition) is 2. The normalized spacial score (nSPS) is 13.4. The maximum Gasteiger partial charge on any atom is 0.293 e. The van der Waals surface area contributed by atoms with Crippen molar-refractivity contribution < 1.29 is 14.5 Å². The molecule has 1 aromatic heterocycles. The topological polar surface area (TPSA) is 127 Å². The van der Waals surface area contributed by atoms with Crippen molar-refractivity contribution in [3.05, 3.63) is 81.9 Å². The van der Waals surface area contributed by atoms with Crippen molar-refractivity contribution in [3.8, 4) is 5.69 Å². The lowest BCUT2D eigenvalue weighted by atomic mass is 10.1. The number of nitro benzene ring substituents is 1. The van der Waals surface area contributed by atoms with Gasteiger partial charge in [0, 0.05) is 30.4 Å². The van der Waals surface area contributed by atoms with E-state index in [9.17, 15) is 14.9 Å². The predicted octanol–water partition coefficient (Wildman–Crippen LogP) is 3.60. The summed E-state index contributed by atoms with van der Waals surface area (Å²) in [7, 11) is 0. The first-order valence-corrected chi connectivity index (χ1v) is 12.0. The zero-order valence-corrected chi connectivity index (χ0v) is 20.7. The van der Waals surface area contributed by atoms with Crippen LogP contribution in [0.3, 0.4) is 0 Å². The summed E-state index contributed by atoms with van der Waals surface area (Å²) in [5.74, 6) is -0.553. The number of carbonyl (C=O) groups excluding carboxylic acids is 1. The van der Waals surface area contributed by atoms with Crippen molar-refractivity contribution in [1.82, 2.24) is 20.3 Å². The van der Waals surface area contributed by atoms with Crippen LogP contribution in [0.4, 0.5) is 17.1 Å². The lowest BCUT2D eigenvalue weighted by Gasteiger charge is -2.28. The number of amides is 1. The third kappa shape index (κ3) is 5.25. The number of carbonyl (C=O) groups is 1. The molecule has 1 aliphatic heterocycles. The second-order valence-corrected chi connectivity index (χ2v) is 8.86. The summed E-state index contributed by atoms with van der Waals surface area (Å²) in [6.45, 7) is 3.97. The third-order valence-corrected chi connectivity index (χ3v) is 6.18. The molecule has 188 valence electrons. The van der Waals surface area contributed by atoms with Crippen molar-refractivity contribution in [2.75, 3.05) is 36.5 Å². The Morgan fingerprint density at radius 1 is 1.05 bits per heavy atom. The van der Waals surface area contributed by atoms with Crippen LogP contribution in [0.25, 0.3) is 16.7 Å². The minimum Gasteiger partial charge on any atom is -0.378 e. The molecule has 0 unspecified atom stereocenters. The molecule has 0 radical (unpaired) electrons. The van der Waals surface area contributed by atoms with Crippen LogP contribution in [0.1, 0.15) is 15.9 Å². The van der Waals surface area contributed by atoms with E-state index in [0.717, 1.165) is 16.8 Å². The summed E-state index contributed by atoms with van der Waals surface area (Å²) in [4.78, 5) is 27.5. The van der Waals surface area contributed by atoms with Gasteiger partial charge < -0.3 is 15.0 Å². The summed E-state index contributed by atoms with van der Waals surface area (Å²) in [6.07, 6.45) is 0. The average molecular weight is 518 g/mol. The van der Waals surface area contributed by atoms with Gasteiger partial charge in [-0.1, -0.05) is 18.2 Å². The Balaban J connectivity index is 1.31. The van der Waals surface area contributed by atoms with Gasteiger partial charge in [-0.05, 0) is 61.1 Å². The lowest BCUT2D eigenvalue weighted by molar-refractivity contribution is -0.384. The molecule has 0 spiro atoms. The molecule has 1 amide bonds. The average Bonchev–Trinajstić information content (AvgIpc) is 3.32. The SMILES string of the molecule is Cc1cc2nn(-c3ccccc3)nc2cc1NC(=S)NC(=O)c1ccc(N2CCOCC2)c([N+](=O)[O-])c1. The number of aromatic nitrogens is 3. The molecule has 1 saturated heterocycles. The largest absolute Gasteiger partial charge is 0.378 e. The summed E-state index contributed by atoms with van der Waals surface area (Å²) >= 11 is 5.35. The van der Waals surface area contributed by atoms with Gasteiger partial charge in [0.25, 0.3) is 11.6 Å². The molecule has 1 aliphatic rings. The quantitative estimate of drug-likeness (QED) is 0.232. The molecule has 2 heterocycles. The minimum absolute atomic E-state index is 0.0582. The van der Waals surface area contributed by atoms with Crippen molar-refractivity contribution in [2.45, 2.75) is 6.92 Å². The van der Waals surface area contributed by atoms with Crippen molar-refractivity contribution >= 4 is 51.3 Å². The molecule has 0 atom stereocenters. The number of rotatable bonds is 5. The Bertz CT molecular complexity index is 1500. The molecule has 0 bridgehead atoms. The Morgan fingerprint density at radius 2 is 1.76 bits per heavy atom. The lowest BCUT2D eigenvalue weighted by Crippen LogP contribution is -2.37. The van der Waals surface area contributed by atoms with Gasteiger partial charge in [-0.15, -0.1) is 10.2 Å². The molecule has 0 aliphatic carbocycles. The maximum absolute atomic E-state index is 12.8. The highest BCUT2D eigenvalue weighted by Crippen LogP contribution is 2.30. The first-order valence-electron chi connectivity index (χ1n) is 11.6. The van der Waals surface area contributed by atoms with E-state index in [1.54, 1.807) is 23.0 Å². The maximum atomic E-state index is 12.8. The van der Waals surface area contributed by atoms with Gasteiger partial charge in [0.05, 0.1) is 23.8 Å². The molecule has 2 N–H and O–H groups in total. The van der Waals surface area contributed by atoms with E-state index in [4.69, 9.17) is 17.0 Å². The number of benzene rings is 3. The molecule has 1 fully saturated rings. The Kier molecular flexibility index (Phi) is 6.75. The first-order chi connectivity index (χ1) is 17.9. The molecular formula is C25H23N7O4S. The fourth-order valence-corrected chi connectivity index (χ4v) is 4.29. The Morgan fingerprint density at radius 3 is 2.46 bits per heavy atom. The van der Waals surface area contributed by atoms with Gasteiger partial charge >= 0.3 is 0 Å². The van der Waals surface area contributed by atoms with Crippen LogP contribution in [0, 0.1) is 17.0 Å². The van der Waals surface area contributed by atoms with Gasteiger partial charge in [-0.3, -0.25) is 20.2 Å². The van der Waals surface area contributed by atoms with E-state index in [0.29, 0.717) is 43.2 Å². The van der Waals surface area contributed by atoms with Crippen LogP contribution < -0.4 is 15.5 Å². The monoisotopic (exact) mass is 517 g/mol. The number of morpholine rings is 1. The van der Waals surface area contributed by atoms with Crippen LogP contribution in [0.5, 0.6) is 0 Å². The Hall–Kier alpha value is -4.42. The molecular weight excluding hydrogens is 494 g/mol. The highest BCUT2D eigenvalue weighted by molar-refractivity contribution is 7.80. The fourth-order valence-electron chi connectivity index (χ4n) is 4.09. The zero-order valence-electron chi connectivity index (χ0n) is 19.9. The standard InChI is InChI=1S/C25H23N7O4S/c1-16-13-20-21(29-31(28-20)18-5-3-2-4-6-18)15-19(16)26-25(37)27-24(33)17-7-8-22(23(14-17)32(34)35)30-9-11-36-12-10-30/h2-8,13-15H,9-12H2,1H3,(H2,26,27,33,37). The number of ether oxygens (including phenoxy) is 1. The number of nitrogens with zero attached hydrogens (tertiary/aromatic N) is 5. The number of nitro groups is 1. The van der Waals surface area contributed by atoms with Gasteiger partial charge in [-0.25, -0.2) is 0 Å². The number of thiocarbonyl (C=S) groups is 1. The molecule has 37 heavy (non-hydrogen) atoms. The van der Waals surface area contributed by atoms with E-state index in [1.807, 2.05) is 48.2 Å². The van der Waals surface area contributed by atoms with E-state index >= 15 is 0 Å². The van der Waals surface area contributed by atoms with Crippen LogP contribution in [-0.4, -0.2) is 57.2 Å². The molecule has 11 nitrogen and oxygen atoms in total. The smallest absolute Gasteiger partial charge is 0.293 e. The van der Waals surface area contributed by atoms with Crippen LogP contribution in [-0.2, 0) is 4.74 Å². The summed E-state index contributed by atoms with van der Waals surface area (Å²) < 4.78 is 5.32. The number of para-hydroxylation sites is 1. The second-order valence-electron chi connectivity index (χ2n) is 8.45. The van der Waals surface area contributed by atoms with Crippen LogP contribution in [0.15, 0.2) is 60.7 Å². The van der Waals surface area contributed by atoms with Gasteiger partial charge in [-0.2, -0.15) is 4.80 Å². The zero-order chi connectivity index (χ0) is 25.9. The van der Waals surface area contributed by atoms with Crippen LogP contribution >= 0.6 is 12.2 Å². The minimum atomic E-state index is -0.553. The third-order valence-electron chi connectivity index (χ3n) is 5.97. The van der Waals surface area contributed by atoms with Crippen molar-refractivity contribution in [2.24, 2.45) is 0 Å². The van der Waals surface area contributed by atoms with Crippen LogP contribution in [0.2, 0.25) is 0 Å². The molecule has 5 rings (SSSR count). The number of fused-ring (bicyclic) bond motifs is 1. The number of aryl methyl sites for hydroxylation is 1. The Labute approximate surface area is 217 Å². The van der Waals surface area contributed by atoms with Gasteiger partial charge in [0.15, 0.2) is 5.11 Å². The summed E-state index contributed by atoms with van der Waals surface area (Å²) in [5, 5.41) is 26.4. The summed E-state index contributed by atoms with van der Waals surface area (Å²) in [6, 6.07) is 17.6. The number of nitrogens with one attached hydrogen (secondary N) is 2. The predicted molar refractivity (Wildman–Crippen MR) is 143 cm³/mol. The second kappa shape index (κ2) is 10.3. The van der Waals surface area contributed by atoms with E-state index in [1.165, 1.54) is 6.07 Å². The molecule has 12 heteroatoms. The fraction of sp³-hybridized carbons (Fsp3) is 0.200. The number of hydrogen-bond acceptors (Lipinski definition) is 8. The highest BCUT2D eigenvalue weighted by Gasteiger charge is 2.23. The highest BCUT2D eigenvalue weighted by atomic mass is 32.1. The van der Waals surface area contributed by atoms with Crippen molar-refractivity contribution in [1.29, 1.82) is 0 Å². The van der Waals surface area contributed by atoms with Gasteiger partial charge in [0.2, 0.25) is 0 Å². The van der Waals surface area contributed by atoms with Crippen molar-refractivity contribution in [3.63, 3.8) is 0 Å². The summed E-state index contributed by atoms with van der Waals surface area (Å²) in [5.41, 5.74) is 4.17. The molecule has 3 aromatic carbocycles. The molecule has 0 saturated carbocycles. The van der Waals surface area contributed by atoms with Gasteiger partial charge in [0.1, 0.15) is 16.7 Å². The van der Waals surface area contributed by atoms with E-state index < -0.39 is 10.8 Å². The van der Waals surface area contributed by atoms with E-state index in [2.05, 4.69) is 20.8 Å². The van der Waals surface area contributed by atoms with E-state index in [-0.39, 0.29) is 16.4 Å².